The van der Waals surface area contributed by atoms with Gasteiger partial charge >= 0.3 is 0 Å². The molecule has 0 bridgehead atoms. The van der Waals surface area contributed by atoms with E-state index in [1.54, 1.807) is 0 Å². The van der Waals surface area contributed by atoms with Gasteiger partial charge in [-0.3, -0.25) is 9.67 Å². The highest BCUT2D eigenvalue weighted by Crippen LogP contribution is 2.27. The Bertz CT molecular complexity index is 817. The van der Waals surface area contributed by atoms with Crippen LogP contribution in [0.25, 0.3) is 0 Å². The average Bonchev–Trinajstić information content (AvgIpc) is 3.12. The number of benzene rings is 1. The third-order valence-corrected chi connectivity index (χ3v) is 5.30. The molecule has 1 saturated heterocycles. The number of rotatable bonds is 5. The number of halogens is 1. The Balaban J connectivity index is 0.00000300. The Labute approximate surface area is 191 Å². The summed E-state index contributed by atoms with van der Waals surface area (Å²) in [5.74, 6) is 0.960. The molecule has 2 heterocycles. The minimum absolute atomic E-state index is 0. The first kappa shape index (κ1) is 23.7. The highest BCUT2D eigenvalue weighted by molar-refractivity contribution is 14.0. The Kier molecular flexibility index (Phi) is 8.51. The van der Waals surface area contributed by atoms with Crippen molar-refractivity contribution in [2.24, 2.45) is 12.0 Å². The van der Waals surface area contributed by atoms with E-state index in [1.165, 1.54) is 11.1 Å². The van der Waals surface area contributed by atoms with Crippen molar-refractivity contribution in [3.8, 4) is 0 Å². The molecule has 0 saturated carbocycles. The van der Waals surface area contributed by atoms with Crippen LogP contribution in [0.1, 0.15) is 43.6 Å². The number of aliphatic imine (C=N–C) groups is 1. The van der Waals surface area contributed by atoms with E-state index in [9.17, 15) is 0 Å². The van der Waals surface area contributed by atoms with Crippen molar-refractivity contribution in [2.75, 3.05) is 32.8 Å². The third-order valence-electron chi connectivity index (χ3n) is 5.30. The number of guanidine groups is 1. The maximum absolute atomic E-state index is 5.99. The van der Waals surface area contributed by atoms with Gasteiger partial charge in [0.1, 0.15) is 6.10 Å². The molecule has 0 spiro atoms. The van der Waals surface area contributed by atoms with Crippen LogP contribution in [0.15, 0.2) is 41.7 Å². The average molecular weight is 511 g/mol. The summed E-state index contributed by atoms with van der Waals surface area (Å²) in [5.41, 5.74) is 3.75. The minimum atomic E-state index is -0.0267. The van der Waals surface area contributed by atoms with Gasteiger partial charge in [-0.05, 0) is 25.0 Å². The largest absolute Gasteiger partial charge is 0.370 e. The Morgan fingerprint density at radius 1 is 1.34 bits per heavy atom. The minimum Gasteiger partial charge on any atom is -0.370 e. The summed E-state index contributed by atoms with van der Waals surface area (Å²) in [7, 11) is 1.93. The Morgan fingerprint density at radius 2 is 2.10 bits per heavy atom. The molecule has 3 rings (SSSR count). The van der Waals surface area contributed by atoms with Gasteiger partial charge in [-0.25, -0.2) is 0 Å². The number of ether oxygens (including phenoxy) is 1. The van der Waals surface area contributed by atoms with Crippen LogP contribution in [0.2, 0.25) is 0 Å². The van der Waals surface area contributed by atoms with Gasteiger partial charge in [0.15, 0.2) is 5.96 Å². The molecular weight excluding hydrogens is 477 g/mol. The molecule has 0 aliphatic carbocycles. The first-order chi connectivity index (χ1) is 13.4. The van der Waals surface area contributed by atoms with Crippen molar-refractivity contribution in [3.63, 3.8) is 0 Å². The number of aryl methyl sites for hydroxylation is 2. The van der Waals surface area contributed by atoms with E-state index in [2.05, 4.69) is 67.3 Å². The lowest BCUT2D eigenvalue weighted by atomic mass is 9.82. The van der Waals surface area contributed by atoms with Gasteiger partial charge in [0.25, 0.3) is 0 Å². The monoisotopic (exact) mass is 511 g/mol. The molecule has 1 atom stereocenters. The van der Waals surface area contributed by atoms with Crippen LogP contribution in [-0.4, -0.2) is 53.4 Å². The molecule has 1 aromatic heterocycles. The normalized spacial score (nSPS) is 17.8. The topological polar surface area (TPSA) is 54.7 Å². The molecular formula is C22H34IN5O. The van der Waals surface area contributed by atoms with Crippen molar-refractivity contribution in [1.82, 2.24) is 20.0 Å². The molecule has 2 aromatic rings. The van der Waals surface area contributed by atoms with E-state index in [0.717, 1.165) is 37.7 Å². The van der Waals surface area contributed by atoms with Crippen LogP contribution in [0, 0.1) is 6.92 Å². The van der Waals surface area contributed by atoms with Crippen LogP contribution in [0.5, 0.6) is 0 Å². The van der Waals surface area contributed by atoms with Crippen molar-refractivity contribution in [3.05, 3.63) is 53.3 Å². The molecule has 1 aliphatic rings. The van der Waals surface area contributed by atoms with Crippen LogP contribution in [0.4, 0.5) is 0 Å². The second-order valence-electron chi connectivity index (χ2n) is 8.12. The first-order valence-corrected chi connectivity index (χ1v) is 10.1. The molecule has 29 heavy (non-hydrogen) atoms. The zero-order chi connectivity index (χ0) is 20.1. The molecule has 1 aliphatic heterocycles. The summed E-state index contributed by atoms with van der Waals surface area (Å²) in [5, 5.41) is 7.75. The molecule has 0 radical (unpaired) electrons. The summed E-state index contributed by atoms with van der Waals surface area (Å²) in [6.45, 7) is 12.7. The summed E-state index contributed by atoms with van der Waals surface area (Å²) in [6.07, 6.45) is 3.94. The van der Waals surface area contributed by atoms with Gasteiger partial charge in [0.2, 0.25) is 0 Å². The van der Waals surface area contributed by atoms with Crippen LogP contribution in [0.3, 0.4) is 0 Å². The second-order valence-corrected chi connectivity index (χ2v) is 8.12. The lowest BCUT2D eigenvalue weighted by Gasteiger charge is -2.35. The first-order valence-electron chi connectivity index (χ1n) is 10.1. The number of hydrogen-bond donors (Lipinski definition) is 1. The summed E-state index contributed by atoms with van der Waals surface area (Å²) >= 11 is 0. The number of aromatic nitrogens is 2. The fraction of sp³-hybridized carbons (Fsp3) is 0.545. The van der Waals surface area contributed by atoms with Gasteiger partial charge in [0.05, 0.1) is 25.9 Å². The van der Waals surface area contributed by atoms with Gasteiger partial charge in [-0.15, -0.1) is 24.0 Å². The van der Waals surface area contributed by atoms with Gasteiger partial charge < -0.3 is 15.0 Å². The van der Waals surface area contributed by atoms with E-state index in [-0.39, 0.29) is 35.5 Å². The summed E-state index contributed by atoms with van der Waals surface area (Å²) < 4.78 is 7.81. The lowest BCUT2D eigenvalue weighted by molar-refractivity contribution is -0.00806. The van der Waals surface area contributed by atoms with Gasteiger partial charge in [-0.2, -0.15) is 5.10 Å². The fourth-order valence-corrected chi connectivity index (χ4v) is 3.77. The molecule has 1 N–H and O–H groups in total. The van der Waals surface area contributed by atoms with E-state index in [0.29, 0.717) is 6.61 Å². The molecule has 1 fully saturated rings. The highest BCUT2D eigenvalue weighted by Gasteiger charge is 2.27. The maximum Gasteiger partial charge on any atom is 0.194 e. The number of nitrogens with zero attached hydrogens (tertiary/aromatic N) is 4. The maximum atomic E-state index is 5.99. The molecule has 7 heteroatoms. The van der Waals surface area contributed by atoms with Gasteiger partial charge in [0, 0.05) is 37.3 Å². The number of hydrogen-bond acceptors (Lipinski definition) is 3. The lowest BCUT2D eigenvalue weighted by Crippen LogP contribution is -2.48. The van der Waals surface area contributed by atoms with E-state index < -0.39 is 0 Å². The smallest absolute Gasteiger partial charge is 0.194 e. The van der Waals surface area contributed by atoms with Crippen molar-refractivity contribution >= 4 is 29.9 Å². The summed E-state index contributed by atoms with van der Waals surface area (Å²) in [4.78, 5) is 7.32. The SMILES string of the molecule is CCNC(=NCC(C)(C)c1ccccc1C)N1CCOC(c2cnn(C)c2)C1.I. The van der Waals surface area contributed by atoms with E-state index in [4.69, 9.17) is 9.73 Å². The van der Waals surface area contributed by atoms with Crippen molar-refractivity contribution in [2.45, 2.75) is 39.2 Å². The van der Waals surface area contributed by atoms with Crippen molar-refractivity contribution in [1.29, 1.82) is 0 Å². The van der Waals surface area contributed by atoms with Gasteiger partial charge in [-0.1, -0.05) is 38.1 Å². The highest BCUT2D eigenvalue weighted by atomic mass is 127. The standard InChI is InChI=1S/C22H33N5O.HI/c1-6-23-21(24-16-22(3,4)19-10-8-7-9-17(19)2)27-11-12-28-20(15-27)18-13-25-26(5)14-18;/h7-10,13-14,20H,6,11-12,15-16H2,1-5H3,(H,23,24);1H. The Hall–Kier alpha value is -1.61. The Morgan fingerprint density at radius 3 is 2.76 bits per heavy atom. The molecule has 0 amide bonds. The third kappa shape index (κ3) is 5.94. The van der Waals surface area contributed by atoms with Crippen LogP contribution >= 0.6 is 24.0 Å². The second kappa shape index (κ2) is 10.4. The zero-order valence-corrected chi connectivity index (χ0v) is 20.5. The predicted molar refractivity (Wildman–Crippen MR) is 129 cm³/mol. The number of morpholine rings is 1. The number of nitrogens with one attached hydrogen (secondary N) is 1. The van der Waals surface area contributed by atoms with Crippen LogP contribution in [-0.2, 0) is 17.2 Å². The predicted octanol–water partition coefficient (Wildman–Crippen LogP) is 3.66. The fourth-order valence-electron chi connectivity index (χ4n) is 3.77. The van der Waals surface area contributed by atoms with Crippen LogP contribution < -0.4 is 5.32 Å². The van der Waals surface area contributed by atoms with E-state index >= 15 is 0 Å². The summed E-state index contributed by atoms with van der Waals surface area (Å²) in [6, 6.07) is 8.59. The van der Waals surface area contributed by atoms with E-state index in [1.807, 2.05) is 24.1 Å². The molecule has 160 valence electrons. The molecule has 1 unspecified atom stereocenters. The quantitative estimate of drug-likeness (QED) is 0.378. The zero-order valence-electron chi connectivity index (χ0n) is 18.2. The molecule has 6 nitrogen and oxygen atoms in total. The molecule has 1 aromatic carbocycles. The van der Waals surface area contributed by atoms with Crippen molar-refractivity contribution < 1.29 is 4.74 Å².